The van der Waals surface area contributed by atoms with Gasteiger partial charge in [0.05, 0.1) is 10.6 Å². The van der Waals surface area contributed by atoms with E-state index in [1.807, 2.05) is 56.3 Å². The summed E-state index contributed by atoms with van der Waals surface area (Å²) < 4.78 is 34.7. The Morgan fingerprint density at radius 3 is 2.22 bits per heavy atom. The van der Waals surface area contributed by atoms with Crippen LogP contribution in [0.1, 0.15) is 32.6 Å². The first kappa shape index (κ1) is 25.0. The van der Waals surface area contributed by atoms with Gasteiger partial charge in [-0.2, -0.15) is 0 Å². The molecule has 0 aliphatic heterocycles. The minimum absolute atomic E-state index is 0.0554. The topological polar surface area (TPSA) is 84.5 Å². The molecule has 0 aliphatic carbocycles. The van der Waals surface area contributed by atoms with Crippen molar-refractivity contribution in [3.63, 3.8) is 0 Å². The Hall–Kier alpha value is -4.10. The molecular formula is C29H28N2O4S. The summed E-state index contributed by atoms with van der Waals surface area (Å²) in [6, 6.07) is 27.0. The van der Waals surface area contributed by atoms with E-state index in [9.17, 15) is 13.2 Å². The maximum absolute atomic E-state index is 13.1. The van der Waals surface area contributed by atoms with Crippen molar-refractivity contribution in [3.05, 3.63) is 119 Å². The molecule has 4 rings (SSSR count). The van der Waals surface area contributed by atoms with Crippen LogP contribution in [0, 0.1) is 20.8 Å². The van der Waals surface area contributed by atoms with E-state index in [-0.39, 0.29) is 10.5 Å². The summed E-state index contributed by atoms with van der Waals surface area (Å²) in [6.45, 7) is 5.94. The number of carbonyl (C=O) groups is 1. The van der Waals surface area contributed by atoms with Crippen molar-refractivity contribution in [1.29, 1.82) is 0 Å². The molecule has 184 valence electrons. The number of benzene rings is 4. The van der Waals surface area contributed by atoms with Crippen LogP contribution in [0.25, 0.3) is 0 Å². The average molecular weight is 501 g/mol. The van der Waals surface area contributed by atoms with Crippen LogP contribution in [0.15, 0.2) is 95.9 Å². The normalized spacial score (nSPS) is 11.1. The van der Waals surface area contributed by atoms with Crippen molar-refractivity contribution in [3.8, 4) is 5.75 Å². The van der Waals surface area contributed by atoms with Crippen molar-refractivity contribution in [2.24, 2.45) is 0 Å². The first-order chi connectivity index (χ1) is 17.2. The Morgan fingerprint density at radius 1 is 0.806 bits per heavy atom. The van der Waals surface area contributed by atoms with Crippen LogP contribution in [-0.4, -0.2) is 14.3 Å². The number of carbonyl (C=O) groups excluding carboxylic acids is 1. The van der Waals surface area contributed by atoms with Crippen LogP contribution in [0.5, 0.6) is 5.75 Å². The summed E-state index contributed by atoms with van der Waals surface area (Å²) in [5.74, 6) is 0.272. The number of amides is 1. The predicted octanol–water partition coefficient (Wildman–Crippen LogP) is 6.24. The highest BCUT2D eigenvalue weighted by Crippen LogP contribution is 2.24. The number of anilines is 2. The zero-order valence-corrected chi connectivity index (χ0v) is 21.2. The zero-order chi connectivity index (χ0) is 25.7. The molecular weight excluding hydrogens is 472 g/mol. The van der Waals surface area contributed by atoms with E-state index in [0.717, 1.165) is 16.7 Å². The third-order valence-electron chi connectivity index (χ3n) is 5.73. The van der Waals surface area contributed by atoms with Crippen molar-refractivity contribution < 1.29 is 17.9 Å². The van der Waals surface area contributed by atoms with Gasteiger partial charge >= 0.3 is 0 Å². The van der Waals surface area contributed by atoms with Gasteiger partial charge in [-0.15, -0.1) is 0 Å². The van der Waals surface area contributed by atoms with Gasteiger partial charge in [0, 0.05) is 11.3 Å². The molecule has 1 amide bonds. The maximum Gasteiger partial charge on any atom is 0.262 e. The molecule has 0 atom stereocenters. The Labute approximate surface area is 212 Å². The molecule has 0 spiro atoms. The fraction of sp³-hybridized carbons (Fsp3) is 0.138. The molecule has 7 heteroatoms. The van der Waals surface area contributed by atoms with Gasteiger partial charge in [-0.1, -0.05) is 54.1 Å². The summed E-state index contributed by atoms with van der Waals surface area (Å²) in [5, 5.41) is 2.81. The van der Waals surface area contributed by atoms with Crippen LogP contribution in [0.4, 0.5) is 11.4 Å². The van der Waals surface area contributed by atoms with Gasteiger partial charge < -0.3 is 10.1 Å². The van der Waals surface area contributed by atoms with E-state index in [1.165, 1.54) is 6.07 Å². The molecule has 0 heterocycles. The summed E-state index contributed by atoms with van der Waals surface area (Å²) in [7, 11) is -3.89. The van der Waals surface area contributed by atoms with Gasteiger partial charge in [0.15, 0.2) is 0 Å². The third kappa shape index (κ3) is 6.12. The molecule has 2 N–H and O–H groups in total. The van der Waals surface area contributed by atoms with Crippen LogP contribution >= 0.6 is 0 Å². The number of sulfonamides is 1. The largest absolute Gasteiger partial charge is 0.489 e. The highest BCUT2D eigenvalue weighted by Gasteiger charge is 2.20. The minimum Gasteiger partial charge on any atom is -0.489 e. The second-order valence-corrected chi connectivity index (χ2v) is 10.3. The van der Waals surface area contributed by atoms with Gasteiger partial charge in [-0.3, -0.25) is 9.52 Å². The van der Waals surface area contributed by atoms with E-state index >= 15 is 0 Å². The van der Waals surface area contributed by atoms with Gasteiger partial charge in [-0.05, 0) is 79.9 Å². The lowest BCUT2D eigenvalue weighted by molar-refractivity contribution is 0.102. The van der Waals surface area contributed by atoms with Crippen LogP contribution in [0.3, 0.4) is 0 Å². The molecule has 0 radical (unpaired) electrons. The quantitative estimate of drug-likeness (QED) is 0.300. The van der Waals surface area contributed by atoms with Gasteiger partial charge in [0.25, 0.3) is 15.9 Å². The van der Waals surface area contributed by atoms with E-state index in [0.29, 0.717) is 29.3 Å². The van der Waals surface area contributed by atoms with Crippen LogP contribution < -0.4 is 14.8 Å². The molecule has 6 nitrogen and oxygen atoms in total. The standard InChI is InChI=1S/C29H28N2O4S/c1-20-9-16-27(22(3)17-20)31-36(33,34)28-18-24(11-10-21(28)2)29(32)30-25-12-14-26(15-13-25)35-19-23-7-5-4-6-8-23/h4-18,31H,19H2,1-3H3,(H,30,32). The number of ether oxygens (including phenoxy) is 1. The van der Waals surface area contributed by atoms with Crippen molar-refractivity contribution in [1.82, 2.24) is 0 Å². The van der Waals surface area contributed by atoms with Crippen molar-refractivity contribution in [2.75, 3.05) is 10.0 Å². The van der Waals surface area contributed by atoms with Crippen LogP contribution in [0.2, 0.25) is 0 Å². The van der Waals surface area contributed by atoms with E-state index < -0.39 is 15.9 Å². The lowest BCUT2D eigenvalue weighted by Gasteiger charge is -2.14. The van der Waals surface area contributed by atoms with Gasteiger partial charge in [-0.25, -0.2) is 8.42 Å². The summed E-state index contributed by atoms with van der Waals surface area (Å²) in [6.07, 6.45) is 0. The Morgan fingerprint density at radius 2 is 1.53 bits per heavy atom. The van der Waals surface area contributed by atoms with E-state index in [2.05, 4.69) is 10.0 Å². The fourth-order valence-electron chi connectivity index (χ4n) is 3.74. The monoisotopic (exact) mass is 500 g/mol. The smallest absolute Gasteiger partial charge is 0.262 e. The number of hydrogen-bond donors (Lipinski definition) is 2. The lowest BCUT2D eigenvalue weighted by atomic mass is 10.1. The van der Waals surface area contributed by atoms with Gasteiger partial charge in [0.1, 0.15) is 12.4 Å². The highest BCUT2D eigenvalue weighted by molar-refractivity contribution is 7.92. The molecule has 0 aliphatic rings. The second-order valence-electron chi connectivity index (χ2n) is 8.66. The lowest BCUT2D eigenvalue weighted by Crippen LogP contribution is -2.17. The highest BCUT2D eigenvalue weighted by atomic mass is 32.2. The molecule has 0 aromatic heterocycles. The molecule has 0 saturated carbocycles. The summed E-state index contributed by atoms with van der Waals surface area (Å²) in [4.78, 5) is 12.9. The van der Waals surface area contributed by atoms with Crippen LogP contribution in [-0.2, 0) is 16.6 Å². The van der Waals surface area contributed by atoms with Gasteiger partial charge in [0.2, 0.25) is 0 Å². The zero-order valence-electron chi connectivity index (χ0n) is 20.4. The van der Waals surface area contributed by atoms with E-state index in [4.69, 9.17) is 4.74 Å². The molecule has 0 saturated heterocycles. The molecule has 0 unspecified atom stereocenters. The third-order valence-corrected chi connectivity index (χ3v) is 7.23. The number of nitrogens with one attached hydrogen (secondary N) is 2. The molecule has 36 heavy (non-hydrogen) atoms. The molecule has 4 aromatic rings. The Kier molecular flexibility index (Phi) is 7.41. The summed E-state index contributed by atoms with van der Waals surface area (Å²) in [5.41, 5.74) is 4.79. The Bertz CT molecular complexity index is 1480. The molecule has 4 aromatic carbocycles. The SMILES string of the molecule is Cc1ccc(NS(=O)(=O)c2cc(C(=O)Nc3ccc(OCc4ccccc4)cc3)ccc2C)c(C)c1. The van der Waals surface area contributed by atoms with Crippen molar-refractivity contribution >= 4 is 27.3 Å². The number of rotatable bonds is 8. The molecule has 0 bridgehead atoms. The summed E-state index contributed by atoms with van der Waals surface area (Å²) >= 11 is 0. The minimum atomic E-state index is -3.89. The second kappa shape index (κ2) is 10.7. The average Bonchev–Trinajstić information content (AvgIpc) is 2.86. The van der Waals surface area contributed by atoms with E-state index in [1.54, 1.807) is 49.4 Å². The molecule has 0 fully saturated rings. The first-order valence-electron chi connectivity index (χ1n) is 11.5. The number of aryl methyl sites for hydroxylation is 3. The number of hydrogen-bond acceptors (Lipinski definition) is 4. The first-order valence-corrected chi connectivity index (χ1v) is 13.0. The maximum atomic E-state index is 13.1. The Balaban J connectivity index is 1.46. The predicted molar refractivity (Wildman–Crippen MR) is 143 cm³/mol. The van der Waals surface area contributed by atoms with Crippen molar-refractivity contribution in [2.45, 2.75) is 32.3 Å². The fourth-order valence-corrected chi connectivity index (χ4v) is 5.14.